The molecule has 2 heterocycles. The lowest BCUT2D eigenvalue weighted by atomic mass is 9.93. The summed E-state index contributed by atoms with van der Waals surface area (Å²) in [5, 5.41) is 17.6. The molecule has 3 rings (SSSR count). The molecule has 1 aromatic carbocycles. The van der Waals surface area contributed by atoms with Gasteiger partial charge in [0, 0.05) is 12.1 Å². The highest BCUT2D eigenvalue weighted by Gasteiger charge is 2.22. The second-order valence-electron chi connectivity index (χ2n) is 5.44. The van der Waals surface area contributed by atoms with Crippen molar-refractivity contribution in [3.8, 4) is 0 Å². The van der Waals surface area contributed by atoms with Crippen molar-refractivity contribution in [2.45, 2.75) is 25.8 Å². The standard InChI is InChI=1S/C14H18N4O3/c1-9(10-4-3-7-15-8-10)16-14-17-13-11(18(19)20)5-2-6-12(13)21-14/h2,5-6,9-10,15H,3-4,7-8H2,1H3,(H,16,17). The van der Waals surface area contributed by atoms with Gasteiger partial charge in [-0.2, -0.15) is 4.98 Å². The van der Waals surface area contributed by atoms with Crippen molar-refractivity contribution in [3.63, 3.8) is 0 Å². The summed E-state index contributed by atoms with van der Waals surface area (Å²) >= 11 is 0. The van der Waals surface area contributed by atoms with Crippen LogP contribution in [-0.2, 0) is 0 Å². The van der Waals surface area contributed by atoms with Gasteiger partial charge in [-0.05, 0) is 44.8 Å². The zero-order valence-corrected chi connectivity index (χ0v) is 11.8. The van der Waals surface area contributed by atoms with Crippen LogP contribution in [0.4, 0.5) is 11.7 Å². The first-order valence-electron chi connectivity index (χ1n) is 7.16. The number of nitro groups is 1. The number of non-ortho nitro benzene ring substituents is 1. The van der Waals surface area contributed by atoms with Gasteiger partial charge in [-0.3, -0.25) is 10.1 Å². The lowest BCUT2D eigenvalue weighted by Gasteiger charge is -2.28. The number of oxazole rings is 1. The molecule has 1 aliphatic heterocycles. The average molecular weight is 290 g/mol. The Labute approximate surface area is 121 Å². The van der Waals surface area contributed by atoms with E-state index in [0.717, 1.165) is 25.9 Å². The Hall–Kier alpha value is -2.15. The van der Waals surface area contributed by atoms with Crippen LogP contribution in [-0.4, -0.2) is 29.0 Å². The number of nitro benzene ring substituents is 1. The number of para-hydroxylation sites is 1. The molecule has 2 unspecified atom stereocenters. The number of anilines is 1. The van der Waals surface area contributed by atoms with Crippen LogP contribution >= 0.6 is 0 Å². The van der Waals surface area contributed by atoms with Gasteiger partial charge in [0.15, 0.2) is 11.1 Å². The molecule has 1 saturated heterocycles. The quantitative estimate of drug-likeness (QED) is 0.664. The van der Waals surface area contributed by atoms with Crippen LogP contribution in [0.5, 0.6) is 0 Å². The molecule has 0 aliphatic carbocycles. The molecule has 0 radical (unpaired) electrons. The molecule has 21 heavy (non-hydrogen) atoms. The molecule has 2 atom stereocenters. The third-order valence-corrected chi connectivity index (χ3v) is 3.99. The minimum Gasteiger partial charge on any atom is -0.423 e. The van der Waals surface area contributed by atoms with Crippen molar-refractivity contribution in [2.75, 3.05) is 18.4 Å². The fourth-order valence-corrected chi connectivity index (χ4v) is 2.76. The van der Waals surface area contributed by atoms with Gasteiger partial charge in [0.25, 0.3) is 11.7 Å². The number of piperidine rings is 1. The monoisotopic (exact) mass is 290 g/mol. The predicted octanol–water partition coefficient (Wildman–Crippen LogP) is 2.54. The van der Waals surface area contributed by atoms with Gasteiger partial charge in [-0.1, -0.05) is 6.07 Å². The van der Waals surface area contributed by atoms with E-state index in [1.54, 1.807) is 12.1 Å². The fraction of sp³-hybridized carbons (Fsp3) is 0.500. The van der Waals surface area contributed by atoms with Crippen LogP contribution in [0.15, 0.2) is 22.6 Å². The van der Waals surface area contributed by atoms with Gasteiger partial charge in [-0.25, -0.2) is 0 Å². The SMILES string of the molecule is CC(Nc1nc2c([N+](=O)[O-])cccc2o1)C1CCCNC1. The first-order valence-corrected chi connectivity index (χ1v) is 7.16. The van der Waals surface area contributed by atoms with Crippen LogP contribution in [0.25, 0.3) is 11.1 Å². The van der Waals surface area contributed by atoms with Crippen molar-refractivity contribution in [1.29, 1.82) is 0 Å². The summed E-state index contributed by atoms with van der Waals surface area (Å²) < 4.78 is 5.57. The number of nitrogens with one attached hydrogen (secondary N) is 2. The predicted molar refractivity (Wildman–Crippen MR) is 79.3 cm³/mol. The molecule has 7 heteroatoms. The van der Waals surface area contributed by atoms with E-state index in [4.69, 9.17) is 4.42 Å². The van der Waals surface area contributed by atoms with Crippen LogP contribution in [0, 0.1) is 16.0 Å². The summed E-state index contributed by atoms with van der Waals surface area (Å²) in [5.74, 6) is 0.503. The highest BCUT2D eigenvalue weighted by atomic mass is 16.6. The summed E-state index contributed by atoms with van der Waals surface area (Å²) in [6.45, 7) is 4.12. The van der Waals surface area contributed by atoms with E-state index in [1.165, 1.54) is 6.07 Å². The first kappa shape index (κ1) is 13.8. The molecule has 7 nitrogen and oxygen atoms in total. The van der Waals surface area contributed by atoms with Gasteiger partial charge >= 0.3 is 0 Å². The molecule has 1 aromatic heterocycles. The highest BCUT2D eigenvalue weighted by molar-refractivity contribution is 5.84. The smallest absolute Gasteiger partial charge is 0.298 e. The van der Waals surface area contributed by atoms with E-state index in [-0.39, 0.29) is 11.7 Å². The molecule has 112 valence electrons. The molecule has 0 bridgehead atoms. The second kappa shape index (κ2) is 5.69. The number of hydrogen-bond donors (Lipinski definition) is 2. The normalized spacial score (nSPS) is 20.3. The van der Waals surface area contributed by atoms with Crippen molar-refractivity contribution in [2.24, 2.45) is 5.92 Å². The van der Waals surface area contributed by atoms with E-state index < -0.39 is 4.92 Å². The Kier molecular flexibility index (Phi) is 3.74. The maximum Gasteiger partial charge on any atom is 0.298 e. The molecule has 0 saturated carbocycles. The van der Waals surface area contributed by atoms with E-state index in [0.29, 0.717) is 23.0 Å². The Bertz CT molecular complexity index is 649. The lowest BCUT2D eigenvalue weighted by molar-refractivity contribution is -0.383. The highest BCUT2D eigenvalue weighted by Crippen LogP contribution is 2.28. The second-order valence-corrected chi connectivity index (χ2v) is 5.44. The van der Waals surface area contributed by atoms with Gasteiger partial charge in [0.05, 0.1) is 4.92 Å². The van der Waals surface area contributed by atoms with Crippen LogP contribution in [0.2, 0.25) is 0 Å². The molecular formula is C14H18N4O3. The van der Waals surface area contributed by atoms with Crippen LogP contribution < -0.4 is 10.6 Å². The molecule has 0 amide bonds. The minimum absolute atomic E-state index is 0.0312. The zero-order valence-electron chi connectivity index (χ0n) is 11.8. The average Bonchev–Trinajstić information content (AvgIpc) is 2.89. The minimum atomic E-state index is -0.441. The maximum absolute atomic E-state index is 11.0. The number of aromatic nitrogens is 1. The van der Waals surface area contributed by atoms with Gasteiger partial charge in [0.2, 0.25) is 0 Å². The van der Waals surface area contributed by atoms with Crippen molar-refractivity contribution in [1.82, 2.24) is 10.3 Å². The summed E-state index contributed by atoms with van der Waals surface area (Å²) in [6.07, 6.45) is 2.32. The maximum atomic E-state index is 11.0. The third kappa shape index (κ3) is 2.82. The third-order valence-electron chi connectivity index (χ3n) is 3.99. The Morgan fingerprint density at radius 2 is 2.43 bits per heavy atom. The van der Waals surface area contributed by atoms with Crippen molar-refractivity contribution < 1.29 is 9.34 Å². The number of hydrogen-bond acceptors (Lipinski definition) is 6. The van der Waals surface area contributed by atoms with Gasteiger partial charge in [0.1, 0.15) is 0 Å². The van der Waals surface area contributed by atoms with Crippen molar-refractivity contribution in [3.05, 3.63) is 28.3 Å². The number of rotatable bonds is 4. The number of nitrogens with zero attached hydrogens (tertiary/aromatic N) is 2. The molecule has 0 spiro atoms. The first-order chi connectivity index (χ1) is 10.1. The van der Waals surface area contributed by atoms with E-state index in [2.05, 4.69) is 22.5 Å². The largest absolute Gasteiger partial charge is 0.423 e. The van der Waals surface area contributed by atoms with Crippen LogP contribution in [0.1, 0.15) is 19.8 Å². The number of benzene rings is 1. The summed E-state index contributed by atoms with van der Waals surface area (Å²) in [5.41, 5.74) is 0.691. The Morgan fingerprint density at radius 1 is 1.57 bits per heavy atom. The topological polar surface area (TPSA) is 93.2 Å². The van der Waals surface area contributed by atoms with E-state index >= 15 is 0 Å². The van der Waals surface area contributed by atoms with Crippen molar-refractivity contribution >= 4 is 22.8 Å². The van der Waals surface area contributed by atoms with Gasteiger partial charge in [-0.15, -0.1) is 0 Å². The molecule has 2 N–H and O–H groups in total. The van der Waals surface area contributed by atoms with Crippen LogP contribution in [0.3, 0.4) is 0 Å². The molecule has 2 aromatic rings. The zero-order chi connectivity index (χ0) is 14.8. The molecule has 1 fully saturated rings. The number of fused-ring (bicyclic) bond motifs is 1. The summed E-state index contributed by atoms with van der Waals surface area (Å²) in [7, 11) is 0. The van der Waals surface area contributed by atoms with E-state index in [1.807, 2.05) is 0 Å². The molecular weight excluding hydrogens is 272 g/mol. The fourth-order valence-electron chi connectivity index (χ4n) is 2.76. The Balaban J connectivity index is 1.81. The van der Waals surface area contributed by atoms with E-state index in [9.17, 15) is 10.1 Å². The molecule has 1 aliphatic rings. The van der Waals surface area contributed by atoms with Gasteiger partial charge < -0.3 is 15.1 Å². The summed E-state index contributed by atoms with van der Waals surface area (Å²) in [4.78, 5) is 14.8. The summed E-state index contributed by atoms with van der Waals surface area (Å²) in [6, 6.07) is 5.27. The Morgan fingerprint density at radius 3 is 3.14 bits per heavy atom. The lowest BCUT2D eigenvalue weighted by Crippen LogP contribution is -2.38.